The number of nitrogens with zero attached hydrogens (tertiary/aromatic N) is 2. The van der Waals surface area contributed by atoms with Crippen LogP contribution in [0.2, 0.25) is 0 Å². The molecule has 0 spiro atoms. The number of rotatable bonds is 5. The van der Waals surface area contributed by atoms with Crippen LogP contribution in [0.15, 0.2) is 29.1 Å². The first-order chi connectivity index (χ1) is 12.7. The zero-order valence-electron chi connectivity index (χ0n) is 15.7. The van der Waals surface area contributed by atoms with Crippen LogP contribution in [-0.4, -0.2) is 21.7 Å². The highest BCUT2D eigenvalue weighted by atomic mass is 16.2. The Morgan fingerprint density at radius 1 is 1.12 bits per heavy atom. The SMILES string of the molecule is CCCCn1nc(C(=O)NC2CCCCCCC2)c2ccccc2c1=O. The van der Waals surface area contributed by atoms with Crippen LogP contribution in [-0.2, 0) is 6.54 Å². The van der Waals surface area contributed by atoms with Crippen molar-refractivity contribution in [3.63, 3.8) is 0 Å². The van der Waals surface area contributed by atoms with Crippen LogP contribution in [0, 0.1) is 0 Å². The first kappa shape index (κ1) is 18.6. The Kier molecular flexibility index (Phi) is 6.42. The lowest BCUT2D eigenvalue weighted by Gasteiger charge is -2.21. The molecule has 5 heteroatoms. The second kappa shape index (κ2) is 8.97. The number of unbranched alkanes of at least 4 members (excludes halogenated alkanes) is 1. The van der Waals surface area contributed by atoms with E-state index in [9.17, 15) is 9.59 Å². The van der Waals surface area contributed by atoms with Crippen molar-refractivity contribution in [3.05, 3.63) is 40.3 Å². The van der Waals surface area contributed by atoms with Gasteiger partial charge in [0.05, 0.1) is 5.39 Å². The van der Waals surface area contributed by atoms with Gasteiger partial charge in [-0.25, -0.2) is 4.68 Å². The van der Waals surface area contributed by atoms with Gasteiger partial charge in [-0.05, 0) is 25.3 Å². The fraction of sp³-hybridized carbons (Fsp3) is 0.571. The minimum absolute atomic E-state index is 0.114. The minimum atomic E-state index is -0.156. The maximum Gasteiger partial charge on any atom is 0.274 e. The van der Waals surface area contributed by atoms with Crippen molar-refractivity contribution in [2.45, 2.75) is 77.3 Å². The number of hydrogen-bond donors (Lipinski definition) is 1. The number of aryl methyl sites for hydroxylation is 1. The average molecular weight is 355 g/mol. The van der Waals surface area contributed by atoms with E-state index in [0.29, 0.717) is 23.0 Å². The number of carbonyl (C=O) groups is 1. The Bertz CT molecular complexity index is 804. The van der Waals surface area contributed by atoms with Gasteiger partial charge in [0.15, 0.2) is 5.69 Å². The summed E-state index contributed by atoms with van der Waals surface area (Å²) in [5.74, 6) is -0.156. The highest BCUT2D eigenvalue weighted by Gasteiger charge is 2.20. The molecule has 140 valence electrons. The van der Waals surface area contributed by atoms with Crippen LogP contribution in [0.25, 0.3) is 10.8 Å². The van der Waals surface area contributed by atoms with Crippen LogP contribution >= 0.6 is 0 Å². The van der Waals surface area contributed by atoms with E-state index in [1.165, 1.54) is 23.9 Å². The molecule has 0 atom stereocenters. The van der Waals surface area contributed by atoms with Crippen LogP contribution in [0.4, 0.5) is 0 Å². The monoisotopic (exact) mass is 355 g/mol. The quantitative estimate of drug-likeness (QED) is 0.880. The second-order valence-electron chi connectivity index (χ2n) is 7.29. The molecular weight excluding hydrogens is 326 g/mol. The zero-order chi connectivity index (χ0) is 18.4. The van der Waals surface area contributed by atoms with Crippen molar-refractivity contribution in [1.29, 1.82) is 0 Å². The molecule has 5 nitrogen and oxygen atoms in total. The average Bonchev–Trinajstić information content (AvgIpc) is 2.63. The van der Waals surface area contributed by atoms with Crippen LogP contribution in [0.1, 0.15) is 75.2 Å². The lowest BCUT2D eigenvalue weighted by Crippen LogP contribution is -2.37. The minimum Gasteiger partial charge on any atom is -0.348 e. The summed E-state index contributed by atoms with van der Waals surface area (Å²) in [6.07, 6.45) is 10.0. The molecular formula is C21H29N3O2. The van der Waals surface area contributed by atoms with Gasteiger partial charge in [-0.1, -0.05) is 63.6 Å². The summed E-state index contributed by atoms with van der Waals surface area (Å²) in [6, 6.07) is 7.51. The highest BCUT2D eigenvalue weighted by molar-refractivity contribution is 6.04. The van der Waals surface area contributed by atoms with E-state index < -0.39 is 0 Å². The zero-order valence-corrected chi connectivity index (χ0v) is 15.7. The van der Waals surface area contributed by atoms with E-state index in [-0.39, 0.29) is 17.5 Å². The van der Waals surface area contributed by atoms with Gasteiger partial charge >= 0.3 is 0 Å². The maximum absolute atomic E-state index is 13.0. The van der Waals surface area contributed by atoms with Crippen molar-refractivity contribution in [2.24, 2.45) is 0 Å². The second-order valence-corrected chi connectivity index (χ2v) is 7.29. The Labute approximate surface area is 154 Å². The number of aromatic nitrogens is 2. The molecule has 1 aromatic carbocycles. The fourth-order valence-electron chi connectivity index (χ4n) is 3.72. The number of amides is 1. The summed E-state index contributed by atoms with van der Waals surface area (Å²) in [6.45, 7) is 2.62. The molecule has 1 fully saturated rings. The predicted molar refractivity (Wildman–Crippen MR) is 104 cm³/mol. The summed E-state index contributed by atoms with van der Waals surface area (Å²) in [4.78, 5) is 25.6. The van der Waals surface area contributed by atoms with Crippen LogP contribution < -0.4 is 10.9 Å². The largest absolute Gasteiger partial charge is 0.348 e. The molecule has 3 rings (SSSR count). The third-order valence-corrected chi connectivity index (χ3v) is 5.25. The standard InChI is InChI=1S/C21H29N3O2/c1-2-3-15-24-21(26)18-14-10-9-13-17(18)19(23-24)20(25)22-16-11-7-5-4-6-8-12-16/h9-10,13-14,16H,2-8,11-12,15H2,1H3,(H,22,25). The van der Waals surface area contributed by atoms with E-state index in [1.807, 2.05) is 18.2 Å². The molecule has 0 radical (unpaired) electrons. The first-order valence-corrected chi connectivity index (χ1v) is 10.0. The van der Waals surface area contributed by atoms with Gasteiger partial charge in [-0.2, -0.15) is 5.10 Å². The number of nitrogens with one attached hydrogen (secondary N) is 1. The summed E-state index contributed by atoms with van der Waals surface area (Å²) >= 11 is 0. The topological polar surface area (TPSA) is 64.0 Å². The van der Waals surface area contributed by atoms with Crippen LogP contribution in [0.5, 0.6) is 0 Å². The molecule has 1 aliphatic carbocycles. The summed E-state index contributed by atoms with van der Waals surface area (Å²) < 4.78 is 1.46. The van der Waals surface area contributed by atoms with Gasteiger partial charge in [0.2, 0.25) is 0 Å². The van der Waals surface area contributed by atoms with Crippen molar-refractivity contribution in [3.8, 4) is 0 Å². The molecule has 26 heavy (non-hydrogen) atoms. The molecule has 1 N–H and O–H groups in total. The molecule has 2 aromatic rings. The number of hydrogen-bond acceptors (Lipinski definition) is 3. The summed E-state index contributed by atoms with van der Waals surface area (Å²) in [5.41, 5.74) is 0.259. The summed E-state index contributed by atoms with van der Waals surface area (Å²) in [5, 5.41) is 8.84. The molecule has 1 aliphatic rings. The van der Waals surface area contributed by atoms with Gasteiger partial charge in [-0.3, -0.25) is 9.59 Å². The van der Waals surface area contributed by atoms with Crippen molar-refractivity contribution in [2.75, 3.05) is 0 Å². The highest BCUT2D eigenvalue weighted by Crippen LogP contribution is 2.19. The number of benzene rings is 1. The number of fused-ring (bicyclic) bond motifs is 1. The fourth-order valence-corrected chi connectivity index (χ4v) is 3.72. The van der Waals surface area contributed by atoms with Gasteiger partial charge < -0.3 is 5.32 Å². The Morgan fingerprint density at radius 3 is 2.46 bits per heavy atom. The number of carbonyl (C=O) groups excluding carboxylic acids is 1. The lowest BCUT2D eigenvalue weighted by atomic mass is 9.96. The van der Waals surface area contributed by atoms with E-state index in [0.717, 1.165) is 38.5 Å². The molecule has 0 aliphatic heterocycles. The lowest BCUT2D eigenvalue weighted by molar-refractivity contribution is 0.0924. The van der Waals surface area contributed by atoms with Crippen molar-refractivity contribution in [1.82, 2.24) is 15.1 Å². The molecule has 1 saturated carbocycles. The summed E-state index contributed by atoms with van der Waals surface area (Å²) in [7, 11) is 0. The van der Waals surface area contributed by atoms with Crippen molar-refractivity contribution >= 4 is 16.7 Å². The Balaban J connectivity index is 1.90. The third-order valence-electron chi connectivity index (χ3n) is 5.25. The Morgan fingerprint density at radius 2 is 1.77 bits per heavy atom. The van der Waals surface area contributed by atoms with E-state index in [4.69, 9.17) is 0 Å². The molecule has 1 heterocycles. The van der Waals surface area contributed by atoms with E-state index in [1.54, 1.807) is 6.07 Å². The third kappa shape index (κ3) is 4.32. The molecule has 1 amide bonds. The van der Waals surface area contributed by atoms with Gasteiger partial charge in [0.25, 0.3) is 11.5 Å². The molecule has 1 aromatic heterocycles. The molecule has 0 saturated heterocycles. The normalized spacial score (nSPS) is 16.2. The van der Waals surface area contributed by atoms with Gasteiger partial charge in [-0.15, -0.1) is 0 Å². The van der Waals surface area contributed by atoms with Crippen molar-refractivity contribution < 1.29 is 4.79 Å². The van der Waals surface area contributed by atoms with E-state index in [2.05, 4.69) is 17.3 Å². The van der Waals surface area contributed by atoms with Crippen LogP contribution in [0.3, 0.4) is 0 Å². The molecule has 0 bridgehead atoms. The first-order valence-electron chi connectivity index (χ1n) is 10.0. The Hall–Kier alpha value is -2.17. The molecule has 0 unspecified atom stereocenters. The van der Waals surface area contributed by atoms with Gasteiger partial charge in [0, 0.05) is 18.0 Å². The smallest absolute Gasteiger partial charge is 0.274 e. The predicted octanol–water partition coefficient (Wildman–Crippen LogP) is 4.04. The van der Waals surface area contributed by atoms with E-state index >= 15 is 0 Å². The maximum atomic E-state index is 13.0. The van der Waals surface area contributed by atoms with Gasteiger partial charge in [0.1, 0.15) is 0 Å².